The second-order valence-corrected chi connectivity index (χ2v) is 5.71. The van der Waals surface area contributed by atoms with E-state index < -0.39 is 4.92 Å². The van der Waals surface area contributed by atoms with E-state index in [4.69, 9.17) is 23.2 Å². The van der Waals surface area contributed by atoms with E-state index in [1.807, 2.05) is 0 Å². The molecule has 1 heterocycles. The number of nitrogens with zero attached hydrogens (tertiary/aromatic N) is 2. The Labute approximate surface area is 128 Å². The van der Waals surface area contributed by atoms with Crippen LogP contribution in [0.2, 0.25) is 10.0 Å². The molecule has 1 N–H and O–H groups in total. The number of rotatable bonds is 4. The lowest BCUT2D eigenvalue weighted by atomic mass is 10.0. The molecule has 1 aliphatic heterocycles. The number of nitro groups is 1. The van der Waals surface area contributed by atoms with Gasteiger partial charge in [0, 0.05) is 31.3 Å². The number of non-ortho nitro benzene ring substituents is 1. The Kier molecular flexibility index (Phi) is 5.07. The number of nitrogens with one attached hydrogen (secondary N) is 1. The standard InChI is InChI=1S/C13H17Cl2N3O2/c1-2-17-5-3-9(4-6-17)16-13-11(14)7-10(18(19)20)8-12(13)15/h7-9,16H,2-6H2,1H3. The maximum absolute atomic E-state index is 10.7. The maximum atomic E-state index is 10.7. The number of hydrogen-bond donors (Lipinski definition) is 1. The molecule has 0 spiro atoms. The minimum atomic E-state index is -0.499. The zero-order valence-corrected chi connectivity index (χ0v) is 12.7. The normalized spacial score (nSPS) is 17.1. The van der Waals surface area contributed by atoms with E-state index in [9.17, 15) is 10.1 Å². The second kappa shape index (κ2) is 6.61. The van der Waals surface area contributed by atoms with Crippen molar-refractivity contribution in [1.29, 1.82) is 0 Å². The summed E-state index contributed by atoms with van der Waals surface area (Å²) in [5.74, 6) is 0. The molecule has 1 aromatic rings. The highest BCUT2D eigenvalue weighted by Gasteiger charge is 2.21. The van der Waals surface area contributed by atoms with Gasteiger partial charge in [0.05, 0.1) is 20.7 Å². The molecule has 110 valence electrons. The summed E-state index contributed by atoms with van der Waals surface area (Å²) >= 11 is 12.2. The first-order valence-corrected chi connectivity index (χ1v) is 7.39. The van der Waals surface area contributed by atoms with Crippen LogP contribution in [0.15, 0.2) is 12.1 Å². The minimum absolute atomic E-state index is 0.0913. The molecule has 0 aromatic heterocycles. The van der Waals surface area contributed by atoms with Gasteiger partial charge in [-0.3, -0.25) is 10.1 Å². The highest BCUT2D eigenvalue weighted by molar-refractivity contribution is 6.39. The third-order valence-electron chi connectivity index (χ3n) is 3.62. The SMILES string of the molecule is CCN1CCC(Nc2c(Cl)cc([N+](=O)[O-])cc2Cl)CC1. The van der Waals surface area contributed by atoms with Crippen LogP contribution in [-0.2, 0) is 0 Å². The van der Waals surface area contributed by atoms with Crippen molar-refractivity contribution in [2.75, 3.05) is 25.0 Å². The van der Waals surface area contributed by atoms with Crippen molar-refractivity contribution in [1.82, 2.24) is 4.90 Å². The van der Waals surface area contributed by atoms with Gasteiger partial charge >= 0.3 is 0 Å². The molecule has 0 amide bonds. The van der Waals surface area contributed by atoms with Gasteiger partial charge in [0.15, 0.2) is 0 Å². The largest absolute Gasteiger partial charge is 0.380 e. The quantitative estimate of drug-likeness (QED) is 0.678. The van der Waals surface area contributed by atoms with Crippen molar-refractivity contribution in [2.24, 2.45) is 0 Å². The van der Waals surface area contributed by atoms with Crippen LogP contribution in [0.25, 0.3) is 0 Å². The molecule has 1 saturated heterocycles. The van der Waals surface area contributed by atoms with Gasteiger partial charge in [0.25, 0.3) is 5.69 Å². The van der Waals surface area contributed by atoms with E-state index >= 15 is 0 Å². The summed E-state index contributed by atoms with van der Waals surface area (Å²) in [6.07, 6.45) is 2.02. The molecule has 20 heavy (non-hydrogen) atoms. The van der Waals surface area contributed by atoms with Gasteiger partial charge in [-0.05, 0) is 19.4 Å². The summed E-state index contributed by atoms with van der Waals surface area (Å²) < 4.78 is 0. The molecule has 5 nitrogen and oxygen atoms in total. The van der Waals surface area contributed by atoms with Gasteiger partial charge in [-0.1, -0.05) is 30.1 Å². The van der Waals surface area contributed by atoms with Crippen molar-refractivity contribution in [2.45, 2.75) is 25.8 Å². The van der Waals surface area contributed by atoms with Crippen LogP contribution in [0.4, 0.5) is 11.4 Å². The number of benzene rings is 1. The predicted molar refractivity (Wildman–Crippen MR) is 81.9 cm³/mol. The summed E-state index contributed by atoms with van der Waals surface area (Å²) in [6.45, 7) is 5.29. The molecule has 1 aromatic carbocycles. The van der Waals surface area contributed by atoms with Crippen LogP contribution in [0.1, 0.15) is 19.8 Å². The molecule has 0 aliphatic carbocycles. The third kappa shape index (κ3) is 3.53. The van der Waals surface area contributed by atoms with Gasteiger partial charge in [0.1, 0.15) is 0 Å². The number of anilines is 1. The number of hydrogen-bond acceptors (Lipinski definition) is 4. The number of nitro benzene ring substituents is 1. The first-order chi connectivity index (χ1) is 9.51. The van der Waals surface area contributed by atoms with Crippen molar-refractivity contribution >= 4 is 34.6 Å². The van der Waals surface area contributed by atoms with Crippen molar-refractivity contribution in [3.05, 3.63) is 32.3 Å². The van der Waals surface area contributed by atoms with Crippen LogP contribution in [0.5, 0.6) is 0 Å². The molecule has 1 aliphatic rings. The lowest BCUT2D eigenvalue weighted by Crippen LogP contribution is -2.38. The summed E-state index contributed by atoms with van der Waals surface area (Å²) in [6, 6.07) is 2.96. The average molecular weight is 318 g/mol. The lowest BCUT2D eigenvalue weighted by molar-refractivity contribution is -0.384. The summed E-state index contributed by atoms with van der Waals surface area (Å²) in [5, 5.41) is 14.6. The van der Waals surface area contributed by atoms with Crippen LogP contribution in [0.3, 0.4) is 0 Å². The lowest BCUT2D eigenvalue weighted by Gasteiger charge is -2.32. The van der Waals surface area contributed by atoms with Crippen LogP contribution >= 0.6 is 23.2 Å². The fourth-order valence-electron chi connectivity index (χ4n) is 2.40. The fourth-order valence-corrected chi connectivity index (χ4v) is 2.99. The topological polar surface area (TPSA) is 58.4 Å². The monoisotopic (exact) mass is 317 g/mol. The molecular formula is C13H17Cl2N3O2. The Balaban J connectivity index is 2.08. The molecule has 7 heteroatoms. The van der Waals surface area contributed by atoms with Crippen molar-refractivity contribution < 1.29 is 4.92 Å². The summed E-state index contributed by atoms with van der Waals surface area (Å²) in [4.78, 5) is 12.6. The van der Waals surface area contributed by atoms with Crippen LogP contribution < -0.4 is 5.32 Å². The van der Waals surface area contributed by atoms with Gasteiger partial charge in [-0.15, -0.1) is 0 Å². The Morgan fingerprint density at radius 2 is 1.90 bits per heavy atom. The first-order valence-electron chi connectivity index (χ1n) is 6.63. The molecule has 0 atom stereocenters. The van der Waals surface area contributed by atoms with Crippen LogP contribution in [-0.4, -0.2) is 35.5 Å². The predicted octanol–water partition coefficient (Wildman–Crippen LogP) is 3.80. The molecule has 2 rings (SSSR count). The Hall–Kier alpha value is -1.04. The van der Waals surface area contributed by atoms with E-state index in [0.717, 1.165) is 32.5 Å². The van der Waals surface area contributed by atoms with E-state index in [-0.39, 0.29) is 5.69 Å². The van der Waals surface area contributed by atoms with Gasteiger partial charge in [-0.2, -0.15) is 0 Å². The third-order valence-corrected chi connectivity index (χ3v) is 4.22. The molecule has 1 fully saturated rings. The van der Waals surface area contributed by atoms with Gasteiger partial charge < -0.3 is 10.2 Å². The Morgan fingerprint density at radius 1 is 1.35 bits per heavy atom. The number of piperidine rings is 1. The molecule has 0 bridgehead atoms. The Bertz CT molecular complexity index is 479. The molecular weight excluding hydrogens is 301 g/mol. The highest BCUT2D eigenvalue weighted by Crippen LogP contribution is 2.35. The van der Waals surface area contributed by atoms with E-state index in [1.165, 1.54) is 12.1 Å². The van der Waals surface area contributed by atoms with Gasteiger partial charge in [0.2, 0.25) is 0 Å². The molecule has 0 unspecified atom stereocenters. The second-order valence-electron chi connectivity index (χ2n) is 4.89. The smallest absolute Gasteiger partial charge is 0.272 e. The van der Waals surface area contributed by atoms with Gasteiger partial charge in [-0.25, -0.2) is 0 Å². The van der Waals surface area contributed by atoms with Crippen molar-refractivity contribution in [3.63, 3.8) is 0 Å². The first kappa shape index (κ1) is 15.4. The van der Waals surface area contributed by atoms with E-state index in [2.05, 4.69) is 17.1 Å². The number of likely N-dealkylation sites (tertiary alicyclic amines) is 1. The minimum Gasteiger partial charge on any atom is -0.380 e. The molecule has 0 saturated carbocycles. The Morgan fingerprint density at radius 3 is 2.35 bits per heavy atom. The number of halogens is 2. The van der Waals surface area contributed by atoms with Crippen molar-refractivity contribution in [3.8, 4) is 0 Å². The van der Waals surface area contributed by atoms with Crippen LogP contribution in [0, 0.1) is 10.1 Å². The fraction of sp³-hybridized carbons (Fsp3) is 0.538. The van der Waals surface area contributed by atoms with E-state index in [0.29, 0.717) is 21.8 Å². The maximum Gasteiger partial charge on any atom is 0.272 e. The summed E-state index contributed by atoms with van der Waals surface area (Å²) in [7, 11) is 0. The summed E-state index contributed by atoms with van der Waals surface area (Å²) in [5.41, 5.74) is 0.500. The molecule has 0 radical (unpaired) electrons. The van der Waals surface area contributed by atoms with E-state index in [1.54, 1.807) is 0 Å². The highest BCUT2D eigenvalue weighted by atomic mass is 35.5. The zero-order chi connectivity index (χ0) is 14.7. The zero-order valence-electron chi connectivity index (χ0n) is 11.2. The average Bonchev–Trinajstić information content (AvgIpc) is 2.43.